The van der Waals surface area contributed by atoms with Crippen molar-refractivity contribution in [3.05, 3.63) is 46.9 Å². The number of anilines is 1. The van der Waals surface area contributed by atoms with E-state index in [1.807, 2.05) is 0 Å². The van der Waals surface area contributed by atoms with Crippen molar-refractivity contribution >= 4 is 27.5 Å². The second kappa shape index (κ2) is 7.32. The number of hydrogen-bond donors (Lipinski definition) is 1. The van der Waals surface area contributed by atoms with Gasteiger partial charge in [0.25, 0.3) is 0 Å². The average Bonchev–Trinajstić information content (AvgIpc) is 2.95. The van der Waals surface area contributed by atoms with Gasteiger partial charge in [0.15, 0.2) is 11.5 Å². The summed E-state index contributed by atoms with van der Waals surface area (Å²) in [6.45, 7) is 0. The number of methoxy groups -OCH3 is 3. The van der Waals surface area contributed by atoms with Crippen molar-refractivity contribution in [1.29, 1.82) is 0 Å². The van der Waals surface area contributed by atoms with Crippen molar-refractivity contribution in [2.75, 3.05) is 26.6 Å². The van der Waals surface area contributed by atoms with E-state index in [1.54, 1.807) is 24.3 Å². The number of rotatable bonds is 6. The highest BCUT2D eigenvalue weighted by molar-refractivity contribution is 7.94. The predicted molar refractivity (Wildman–Crippen MR) is 101 cm³/mol. The quantitative estimate of drug-likeness (QED) is 0.817. The minimum Gasteiger partial charge on any atom is -0.493 e. The molecule has 0 aliphatic carbocycles. The molecule has 0 saturated carbocycles. The van der Waals surface area contributed by atoms with E-state index in [0.29, 0.717) is 34.1 Å². The molecule has 0 fully saturated rings. The van der Waals surface area contributed by atoms with Gasteiger partial charge in [-0.3, -0.25) is 4.79 Å². The molecule has 0 atom stereocenters. The minimum absolute atomic E-state index is 0.0544. The van der Waals surface area contributed by atoms with Crippen molar-refractivity contribution in [3.8, 4) is 17.2 Å². The molecule has 2 aromatic carbocycles. The van der Waals surface area contributed by atoms with Crippen LogP contribution < -0.4 is 19.5 Å². The molecule has 1 heterocycles. The van der Waals surface area contributed by atoms with Crippen LogP contribution in [-0.2, 0) is 21.1 Å². The summed E-state index contributed by atoms with van der Waals surface area (Å²) in [5, 5.41) is 3.87. The molecule has 1 aliphatic heterocycles. The maximum absolute atomic E-state index is 12.4. The van der Waals surface area contributed by atoms with Gasteiger partial charge < -0.3 is 19.5 Å². The second-order valence-corrected chi connectivity index (χ2v) is 7.66. The van der Waals surface area contributed by atoms with Gasteiger partial charge in [-0.25, -0.2) is 8.42 Å². The zero-order chi connectivity index (χ0) is 19.6. The third kappa shape index (κ3) is 3.75. The topological polar surface area (TPSA) is 90.9 Å². The molecular weight excluding hydrogens is 370 g/mol. The maximum Gasteiger partial charge on any atom is 0.228 e. The summed E-state index contributed by atoms with van der Waals surface area (Å²) in [6.07, 6.45) is 1.59. The third-order valence-electron chi connectivity index (χ3n) is 4.12. The lowest BCUT2D eigenvalue weighted by atomic mass is 10.1. The molecule has 0 unspecified atom stereocenters. The number of amides is 1. The predicted octanol–water partition coefficient (Wildman–Crippen LogP) is 2.65. The molecule has 2 aromatic rings. The SMILES string of the molecule is COc1cc(CC(=O)Nc2ccc3c(c2)S(=O)(=O)C=C3)cc(OC)c1OC. The molecule has 1 amide bonds. The first kappa shape index (κ1) is 18.8. The molecule has 1 aliphatic rings. The smallest absolute Gasteiger partial charge is 0.228 e. The Kier molecular flexibility index (Phi) is 5.09. The molecular formula is C19H19NO6S. The van der Waals surface area contributed by atoms with Gasteiger partial charge in [0.1, 0.15) is 0 Å². The van der Waals surface area contributed by atoms with Gasteiger partial charge in [-0.1, -0.05) is 6.07 Å². The van der Waals surface area contributed by atoms with Crippen LogP contribution in [0.5, 0.6) is 17.2 Å². The van der Waals surface area contributed by atoms with Crippen LogP contribution in [0.3, 0.4) is 0 Å². The van der Waals surface area contributed by atoms with Crippen molar-refractivity contribution in [1.82, 2.24) is 0 Å². The molecule has 142 valence electrons. The zero-order valence-corrected chi connectivity index (χ0v) is 15.9. The summed E-state index contributed by atoms with van der Waals surface area (Å²) in [5.74, 6) is 1.05. The van der Waals surface area contributed by atoms with Gasteiger partial charge in [0.2, 0.25) is 21.5 Å². The summed E-state index contributed by atoms with van der Waals surface area (Å²) < 4.78 is 39.7. The highest BCUT2D eigenvalue weighted by atomic mass is 32.2. The lowest BCUT2D eigenvalue weighted by Crippen LogP contribution is -2.15. The van der Waals surface area contributed by atoms with E-state index in [4.69, 9.17) is 14.2 Å². The van der Waals surface area contributed by atoms with Gasteiger partial charge in [0, 0.05) is 11.1 Å². The summed E-state index contributed by atoms with van der Waals surface area (Å²) >= 11 is 0. The number of hydrogen-bond acceptors (Lipinski definition) is 6. The Bertz CT molecular complexity index is 1000. The molecule has 1 N–H and O–H groups in total. The molecule has 7 nitrogen and oxygen atoms in total. The van der Waals surface area contributed by atoms with Crippen molar-refractivity contribution < 1.29 is 27.4 Å². The van der Waals surface area contributed by atoms with Crippen molar-refractivity contribution in [2.45, 2.75) is 11.3 Å². The Balaban J connectivity index is 1.79. The first-order valence-corrected chi connectivity index (χ1v) is 9.58. The molecule has 3 rings (SSSR count). The van der Waals surface area contributed by atoms with Crippen molar-refractivity contribution in [2.24, 2.45) is 0 Å². The van der Waals surface area contributed by atoms with Crippen LogP contribution in [0.4, 0.5) is 5.69 Å². The number of nitrogens with one attached hydrogen (secondary N) is 1. The Morgan fingerprint density at radius 2 is 1.67 bits per heavy atom. The Morgan fingerprint density at radius 1 is 1.00 bits per heavy atom. The molecule has 8 heteroatoms. The highest BCUT2D eigenvalue weighted by Gasteiger charge is 2.21. The third-order valence-corrected chi connectivity index (χ3v) is 5.58. The molecule has 0 spiro atoms. The summed E-state index contributed by atoms with van der Waals surface area (Å²) in [5.41, 5.74) is 1.69. The van der Waals surface area contributed by atoms with E-state index in [2.05, 4.69) is 5.32 Å². The lowest BCUT2D eigenvalue weighted by Gasteiger charge is -2.14. The first-order valence-electron chi connectivity index (χ1n) is 8.04. The fourth-order valence-electron chi connectivity index (χ4n) is 2.86. The van der Waals surface area contributed by atoms with Crippen LogP contribution in [0, 0.1) is 0 Å². The van der Waals surface area contributed by atoms with Crippen molar-refractivity contribution in [3.63, 3.8) is 0 Å². The fraction of sp³-hybridized carbons (Fsp3) is 0.211. The highest BCUT2D eigenvalue weighted by Crippen LogP contribution is 2.38. The van der Waals surface area contributed by atoms with Crippen LogP contribution >= 0.6 is 0 Å². The minimum atomic E-state index is -3.43. The molecule has 27 heavy (non-hydrogen) atoms. The lowest BCUT2D eigenvalue weighted by molar-refractivity contribution is -0.115. The van der Waals surface area contributed by atoms with Crippen LogP contribution in [-0.4, -0.2) is 35.7 Å². The first-order chi connectivity index (χ1) is 12.9. The molecule has 0 saturated heterocycles. The molecule has 0 aromatic heterocycles. The average molecular weight is 389 g/mol. The maximum atomic E-state index is 12.4. The molecule has 0 bridgehead atoms. The van der Waals surface area contributed by atoms with E-state index in [1.165, 1.54) is 33.5 Å². The summed E-state index contributed by atoms with van der Waals surface area (Å²) in [6, 6.07) is 8.16. The number of benzene rings is 2. The fourth-order valence-corrected chi connectivity index (χ4v) is 4.09. The van der Waals surface area contributed by atoms with Gasteiger partial charge in [-0.05, 0) is 41.5 Å². The van der Waals surface area contributed by atoms with E-state index in [0.717, 1.165) is 5.41 Å². The van der Waals surface area contributed by atoms with Gasteiger partial charge in [-0.2, -0.15) is 0 Å². The standard InChI is InChI=1S/C19H19NO6S/c1-24-15-8-12(9-16(25-2)19(15)26-3)10-18(21)20-14-5-4-13-6-7-27(22,23)17(13)11-14/h4-9,11H,10H2,1-3H3,(H,20,21). The second-order valence-electron chi connectivity index (χ2n) is 5.86. The van der Waals surface area contributed by atoms with Gasteiger partial charge in [0.05, 0.1) is 32.6 Å². The van der Waals surface area contributed by atoms with E-state index < -0.39 is 9.84 Å². The van der Waals surface area contributed by atoms with E-state index in [9.17, 15) is 13.2 Å². The van der Waals surface area contributed by atoms with Crippen LogP contribution in [0.2, 0.25) is 0 Å². The van der Waals surface area contributed by atoms with E-state index in [-0.39, 0.29) is 17.2 Å². The number of fused-ring (bicyclic) bond motifs is 1. The largest absolute Gasteiger partial charge is 0.493 e. The summed E-state index contributed by atoms with van der Waals surface area (Å²) in [4.78, 5) is 12.6. The van der Waals surface area contributed by atoms with E-state index >= 15 is 0 Å². The van der Waals surface area contributed by atoms with Crippen LogP contribution in [0.25, 0.3) is 6.08 Å². The zero-order valence-electron chi connectivity index (χ0n) is 15.1. The Labute approximate surface area is 157 Å². The van der Waals surface area contributed by atoms with Gasteiger partial charge in [-0.15, -0.1) is 0 Å². The normalized spacial score (nSPS) is 13.7. The molecule has 0 radical (unpaired) electrons. The number of ether oxygens (including phenoxy) is 3. The number of carbonyl (C=O) groups is 1. The van der Waals surface area contributed by atoms with Gasteiger partial charge >= 0.3 is 0 Å². The Hall–Kier alpha value is -3.00. The Morgan fingerprint density at radius 3 is 2.26 bits per heavy atom. The van der Waals surface area contributed by atoms with Crippen LogP contribution in [0.15, 0.2) is 40.6 Å². The summed E-state index contributed by atoms with van der Waals surface area (Å²) in [7, 11) is 1.08. The monoisotopic (exact) mass is 389 g/mol. The number of sulfone groups is 1. The number of carbonyl (C=O) groups excluding carboxylic acids is 1. The van der Waals surface area contributed by atoms with Crippen LogP contribution in [0.1, 0.15) is 11.1 Å².